The third-order valence-electron chi connectivity index (χ3n) is 5.67. The van der Waals surface area contributed by atoms with Crippen LogP contribution in [0.2, 0.25) is 0 Å². The normalized spacial score (nSPS) is 20.1. The van der Waals surface area contributed by atoms with E-state index in [9.17, 15) is 9.90 Å². The molecule has 9 nitrogen and oxygen atoms in total. The Labute approximate surface area is 186 Å². The maximum absolute atomic E-state index is 15.9. The lowest BCUT2D eigenvalue weighted by molar-refractivity contribution is 0.0687. The Morgan fingerprint density at radius 2 is 2.12 bits per heavy atom. The number of nitrogens with zero attached hydrogens (tertiary/aromatic N) is 3. The molecule has 1 saturated heterocycles. The smallest absolute Gasteiger partial charge is 0.317 e. The molecule has 0 bridgehead atoms. The van der Waals surface area contributed by atoms with Crippen LogP contribution < -0.4 is 20.9 Å². The molecule has 0 radical (unpaired) electrons. The van der Waals surface area contributed by atoms with Gasteiger partial charge in [-0.3, -0.25) is 0 Å². The highest BCUT2D eigenvalue weighted by Gasteiger charge is 2.36. The molecule has 10 heteroatoms. The number of urea groups is 1. The van der Waals surface area contributed by atoms with Crippen LogP contribution in [0.25, 0.3) is 11.1 Å². The summed E-state index contributed by atoms with van der Waals surface area (Å²) in [5.41, 5.74) is 1.42. The summed E-state index contributed by atoms with van der Waals surface area (Å²) in [4.78, 5) is 22.3. The van der Waals surface area contributed by atoms with Gasteiger partial charge in [-0.05, 0) is 39.7 Å². The van der Waals surface area contributed by atoms with E-state index in [0.717, 1.165) is 6.42 Å². The molecule has 4 N–H and O–H groups in total. The minimum absolute atomic E-state index is 0.256. The summed E-state index contributed by atoms with van der Waals surface area (Å²) in [5, 5.41) is 18.9. The lowest BCUT2D eigenvalue weighted by Crippen LogP contribution is -2.51. The standard InChI is InChI=1S/C22H29FN6O3/c1-5-24-21(30)28-20-27-14-9-13(12-10-25-19(26-11-12)22(2,3)31)17(23)16(18(14)29(20)4)15-7-6-8-32-15/h9-11,15,20,27,31H,5-8H2,1-4H3,(H2,24,28,30). The predicted octanol–water partition coefficient (Wildman–Crippen LogP) is 2.83. The predicted molar refractivity (Wildman–Crippen MR) is 119 cm³/mol. The van der Waals surface area contributed by atoms with E-state index in [2.05, 4.69) is 25.9 Å². The van der Waals surface area contributed by atoms with Crippen LogP contribution in [0.4, 0.5) is 20.6 Å². The molecular weight excluding hydrogens is 415 g/mol. The number of amides is 2. The Hall–Kier alpha value is -2.98. The van der Waals surface area contributed by atoms with E-state index in [-0.39, 0.29) is 18.0 Å². The number of aromatic nitrogens is 2. The fourth-order valence-electron chi connectivity index (χ4n) is 4.09. The van der Waals surface area contributed by atoms with Gasteiger partial charge in [0.1, 0.15) is 11.4 Å². The summed E-state index contributed by atoms with van der Waals surface area (Å²) in [6.07, 6.45) is 3.65. The number of carbonyl (C=O) groups is 1. The highest BCUT2D eigenvalue weighted by atomic mass is 19.1. The zero-order chi connectivity index (χ0) is 23.0. The van der Waals surface area contributed by atoms with Gasteiger partial charge in [-0.2, -0.15) is 0 Å². The first-order chi connectivity index (χ1) is 15.2. The molecule has 2 aromatic rings. The number of benzene rings is 1. The molecule has 1 fully saturated rings. The Morgan fingerprint density at radius 1 is 1.41 bits per heavy atom. The van der Waals surface area contributed by atoms with Crippen molar-refractivity contribution in [2.24, 2.45) is 0 Å². The van der Waals surface area contributed by atoms with E-state index in [0.29, 0.717) is 47.6 Å². The average Bonchev–Trinajstić information content (AvgIpc) is 3.37. The molecule has 172 valence electrons. The summed E-state index contributed by atoms with van der Waals surface area (Å²) in [7, 11) is 1.80. The van der Waals surface area contributed by atoms with Crippen molar-refractivity contribution in [3.63, 3.8) is 0 Å². The molecular formula is C22H29FN6O3. The fraction of sp³-hybridized carbons (Fsp3) is 0.500. The van der Waals surface area contributed by atoms with Crippen LogP contribution in [0.3, 0.4) is 0 Å². The van der Waals surface area contributed by atoms with Crippen molar-refractivity contribution in [1.29, 1.82) is 0 Å². The van der Waals surface area contributed by atoms with Gasteiger partial charge in [0.2, 0.25) is 0 Å². The van der Waals surface area contributed by atoms with Crippen molar-refractivity contribution in [2.75, 3.05) is 30.4 Å². The Morgan fingerprint density at radius 3 is 2.72 bits per heavy atom. The monoisotopic (exact) mass is 444 g/mol. The number of carbonyl (C=O) groups excluding carboxylic acids is 1. The first-order valence-corrected chi connectivity index (χ1v) is 10.8. The number of nitrogens with one attached hydrogen (secondary N) is 3. The summed E-state index contributed by atoms with van der Waals surface area (Å²) >= 11 is 0. The van der Waals surface area contributed by atoms with Gasteiger partial charge in [-0.1, -0.05) is 0 Å². The highest BCUT2D eigenvalue weighted by molar-refractivity contribution is 5.86. The SMILES string of the molecule is CCNC(=O)NC1Nc2cc(-c3cnc(C(C)(C)O)nc3)c(F)c(C3CCCO3)c2N1C. The zero-order valence-electron chi connectivity index (χ0n) is 18.7. The topological polar surface area (TPSA) is 112 Å². The first-order valence-electron chi connectivity index (χ1n) is 10.8. The molecule has 1 aromatic carbocycles. The number of halogens is 1. The van der Waals surface area contributed by atoms with Crippen LogP contribution in [0.1, 0.15) is 51.1 Å². The van der Waals surface area contributed by atoms with Crippen LogP contribution in [-0.2, 0) is 10.3 Å². The molecule has 2 unspecified atom stereocenters. The maximum Gasteiger partial charge on any atom is 0.317 e. The van der Waals surface area contributed by atoms with Crippen LogP contribution in [0.5, 0.6) is 0 Å². The number of fused-ring (bicyclic) bond motifs is 1. The Bertz CT molecular complexity index is 1000. The second-order valence-electron chi connectivity index (χ2n) is 8.57. The van der Waals surface area contributed by atoms with E-state index >= 15 is 4.39 Å². The minimum Gasteiger partial charge on any atom is -0.382 e. The summed E-state index contributed by atoms with van der Waals surface area (Å²) in [5.74, 6) is -0.145. The molecule has 2 aliphatic heterocycles. The third-order valence-corrected chi connectivity index (χ3v) is 5.67. The second kappa shape index (κ2) is 8.51. The van der Waals surface area contributed by atoms with E-state index in [1.54, 1.807) is 27.0 Å². The molecule has 32 heavy (non-hydrogen) atoms. The number of rotatable bonds is 5. The molecule has 3 heterocycles. The summed E-state index contributed by atoms with van der Waals surface area (Å²) in [6, 6.07) is 1.38. The van der Waals surface area contributed by atoms with Gasteiger partial charge < -0.3 is 30.7 Å². The number of aliphatic hydroxyl groups is 1. The highest BCUT2D eigenvalue weighted by Crippen LogP contribution is 2.47. The zero-order valence-corrected chi connectivity index (χ0v) is 18.7. The van der Waals surface area contributed by atoms with Gasteiger partial charge in [0, 0.05) is 49.3 Å². The lowest BCUT2D eigenvalue weighted by atomic mass is 9.96. The van der Waals surface area contributed by atoms with Gasteiger partial charge in [-0.25, -0.2) is 19.2 Å². The van der Waals surface area contributed by atoms with Crippen molar-refractivity contribution >= 4 is 17.4 Å². The van der Waals surface area contributed by atoms with E-state index in [1.165, 1.54) is 12.4 Å². The van der Waals surface area contributed by atoms with Gasteiger partial charge in [0.15, 0.2) is 12.1 Å². The number of ether oxygens (including phenoxy) is 1. The molecule has 2 atom stereocenters. The molecule has 0 aliphatic carbocycles. The quantitative estimate of drug-likeness (QED) is 0.561. The molecule has 2 amide bonds. The second-order valence-corrected chi connectivity index (χ2v) is 8.57. The number of hydrogen-bond donors (Lipinski definition) is 4. The van der Waals surface area contributed by atoms with Crippen LogP contribution in [-0.4, -0.2) is 47.6 Å². The van der Waals surface area contributed by atoms with E-state index in [1.807, 2.05) is 11.8 Å². The largest absolute Gasteiger partial charge is 0.382 e. The maximum atomic E-state index is 15.9. The van der Waals surface area contributed by atoms with Gasteiger partial charge >= 0.3 is 6.03 Å². The van der Waals surface area contributed by atoms with Gasteiger partial charge in [0.25, 0.3) is 0 Å². The van der Waals surface area contributed by atoms with Crippen molar-refractivity contribution in [3.8, 4) is 11.1 Å². The number of anilines is 2. The minimum atomic E-state index is -1.19. The molecule has 0 spiro atoms. The summed E-state index contributed by atoms with van der Waals surface area (Å²) < 4.78 is 21.8. The summed E-state index contributed by atoms with van der Waals surface area (Å²) in [6.45, 7) is 6.09. The van der Waals surface area contributed by atoms with E-state index < -0.39 is 17.7 Å². The fourth-order valence-corrected chi connectivity index (χ4v) is 4.09. The Balaban J connectivity index is 1.76. The average molecular weight is 445 g/mol. The van der Waals surface area contributed by atoms with Gasteiger partial charge in [0.05, 0.1) is 17.5 Å². The molecule has 2 aliphatic rings. The van der Waals surface area contributed by atoms with Crippen molar-refractivity contribution < 1.29 is 19.0 Å². The third kappa shape index (κ3) is 4.07. The van der Waals surface area contributed by atoms with Crippen LogP contribution in [0.15, 0.2) is 18.5 Å². The van der Waals surface area contributed by atoms with E-state index in [4.69, 9.17) is 4.74 Å². The van der Waals surface area contributed by atoms with Crippen LogP contribution >= 0.6 is 0 Å². The molecule has 4 rings (SSSR count). The van der Waals surface area contributed by atoms with Crippen molar-refractivity contribution in [3.05, 3.63) is 35.7 Å². The lowest BCUT2D eigenvalue weighted by Gasteiger charge is -2.26. The number of hydrogen-bond acceptors (Lipinski definition) is 7. The van der Waals surface area contributed by atoms with Crippen molar-refractivity contribution in [1.82, 2.24) is 20.6 Å². The molecule has 1 aromatic heterocycles. The van der Waals surface area contributed by atoms with Crippen molar-refractivity contribution in [2.45, 2.75) is 51.6 Å². The van der Waals surface area contributed by atoms with Gasteiger partial charge in [-0.15, -0.1) is 0 Å². The molecule has 0 saturated carbocycles. The Kier molecular flexibility index (Phi) is 5.91. The van der Waals surface area contributed by atoms with Crippen LogP contribution in [0, 0.1) is 5.82 Å². The first kappa shape index (κ1) is 22.2.